The Bertz CT molecular complexity index is 2930. The number of hydrogen-bond acceptors (Lipinski definition) is 10. The molecule has 0 spiro atoms. The van der Waals surface area contributed by atoms with Crippen LogP contribution in [0.3, 0.4) is 0 Å². The molecule has 2 atom stereocenters. The summed E-state index contributed by atoms with van der Waals surface area (Å²) in [6.45, 7) is 53.3. The Morgan fingerprint density at radius 2 is 0.515 bits per heavy atom. The van der Waals surface area contributed by atoms with Crippen molar-refractivity contribution in [1.82, 2.24) is 9.80 Å². The van der Waals surface area contributed by atoms with Gasteiger partial charge < -0.3 is 72.5 Å². The Morgan fingerprint density at radius 1 is 0.303 bits per heavy atom. The van der Waals surface area contributed by atoms with Crippen molar-refractivity contribution in [2.45, 2.75) is 209 Å². The SMILES string of the molecule is CN(C)C=O.CN(C)C=O.COc1c(C(C)(C)C)cccc1C(C)(C)C.COc1c(C(C)(C)C)cccc1C(C)(C)C.COc1c(C(C)(C)C)cccc1C(C)(C)C.COc1c(C(C)(C)C)cccc1C(C)(C)C.COc1cc(P)c(-c2cc(P)c(OC)cc2OC)c(OC)c1.[Cl-].[Cl-].[Ru+3]. The average Bonchev–Trinajstić information content (AvgIpc) is 0.838. The Kier molecular flexibility index (Phi) is 43.5. The fraction of sp³-hybridized carbons (Fsp3) is 0.537. The molecule has 0 saturated carbocycles. The molecular formula is C82H130Cl2N2O10P2Ru+. The average molecular weight is 1540 g/mol. The molecule has 6 aromatic carbocycles. The topological polar surface area (TPSA) is 114 Å². The van der Waals surface area contributed by atoms with Crippen molar-refractivity contribution in [2.75, 3.05) is 85.1 Å². The third kappa shape index (κ3) is 31.9. The number of carbonyl (C=O) groups is 2. The molecule has 12 nitrogen and oxygen atoms in total. The van der Waals surface area contributed by atoms with Gasteiger partial charge in [0.05, 0.1) is 56.9 Å². The van der Waals surface area contributed by atoms with Gasteiger partial charge in [-0.2, -0.15) is 0 Å². The number of amides is 2. The van der Waals surface area contributed by atoms with Crippen molar-refractivity contribution in [3.8, 4) is 57.1 Å². The van der Waals surface area contributed by atoms with Crippen LogP contribution < -0.4 is 73.3 Å². The van der Waals surface area contributed by atoms with Crippen molar-refractivity contribution < 1.29 is 91.8 Å². The van der Waals surface area contributed by atoms with Crippen molar-refractivity contribution in [1.29, 1.82) is 0 Å². The molecule has 6 aromatic rings. The summed E-state index contributed by atoms with van der Waals surface area (Å²) in [6.07, 6.45) is 1.50. The van der Waals surface area contributed by atoms with E-state index in [0.29, 0.717) is 0 Å². The van der Waals surface area contributed by atoms with Crippen LogP contribution in [0.2, 0.25) is 0 Å². The summed E-state index contributed by atoms with van der Waals surface area (Å²) in [4.78, 5) is 21.8. The molecule has 0 aliphatic rings. The number of halogens is 2. The van der Waals surface area contributed by atoms with Gasteiger partial charge in [-0.25, -0.2) is 0 Å². The fourth-order valence-corrected chi connectivity index (χ4v) is 10.9. The van der Waals surface area contributed by atoms with E-state index in [1.807, 2.05) is 24.3 Å². The smallest absolute Gasteiger partial charge is 1.00 e. The summed E-state index contributed by atoms with van der Waals surface area (Å²) in [5.41, 5.74) is 13.1. The van der Waals surface area contributed by atoms with E-state index in [0.717, 1.165) is 80.6 Å². The number of carbonyl (C=O) groups excluding carboxylic acids is 2. The number of ether oxygens (including phenoxy) is 8. The summed E-state index contributed by atoms with van der Waals surface area (Å²) in [6, 6.07) is 33.5. The van der Waals surface area contributed by atoms with Gasteiger partial charge in [0.2, 0.25) is 12.8 Å². The largest absolute Gasteiger partial charge is 3.00 e. The summed E-state index contributed by atoms with van der Waals surface area (Å²) in [5.74, 6) is 7.11. The van der Waals surface area contributed by atoms with Crippen molar-refractivity contribution in [3.05, 3.63) is 142 Å². The molecule has 99 heavy (non-hydrogen) atoms. The third-order valence-electron chi connectivity index (χ3n) is 15.1. The van der Waals surface area contributed by atoms with Crippen LogP contribution in [0.1, 0.15) is 211 Å². The molecule has 0 fully saturated rings. The standard InChI is InChI=1S/C16H20O4P2.4C15H24O.2C3H7NO.2ClH.Ru/c1-17-9-5-13(20-4)16(15(22)6-9)10-7-14(21)12(19-3)8-11(10)18-2;4*1-14(2,3)11-9-8-10-12(13(11)16-7)15(4,5)6;2*1-4(2)3-5;;;/h5-8H,21-22H2,1-4H3;4*8-10H,1-7H3;2*3H,1-2H3;2*1H;/q;;;;;;;;;+3/p-2. The zero-order chi connectivity index (χ0) is 75.1. The molecule has 0 heterocycles. The maximum Gasteiger partial charge on any atom is 3.00 e. The van der Waals surface area contributed by atoms with Crippen LogP contribution in [-0.4, -0.2) is 108 Å². The second-order valence-electron chi connectivity index (χ2n) is 32.3. The minimum Gasteiger partial charge on any atom is -1.00 e. The van der Waals surface area contributed by atoms with Gasteiger partial charge in [-0.3, -0.25) is 9.59 Å². The Hall–Kier alpha value is -5.28. The second-order valence-corrected chi connectivity index (χ2v) is 33.5. The summed E-state index contributed by atoms with van der Waals surface area (Å²) in [7, 11) is 25.7. The van der Waals surface area contributed by atoms with Gasteiger partial charge in [0.15, 0.2) is 0 Å². The Balaban J connectivity index is -0.000000549. The molecule has 0 saturated heterocycles. The van der Waals surface area contributed by atoms with Crippen molar-refractivity contribution in [3.63, 3.8) is 0 Å². The molecule has 0 N–H and O–H groups in total. The second kappa shape index (κ2) is 43.0. The maximum absolute atomic E-state index is 9.43. The molecule has 2 unspecified atom stereocenters. The quantitative estimate of drug-likeness (QED) is 0.0706. The number of benzene rings is 6. The molecule has 0 aromatic heterocycles. The van der Waals surface area contributed by atoms with Crippen LogP contribution in [0.25, 0.3) is 11.1 Å². The first-order valence-corrected chi connectivity index (χ1v) is 33.9. The van der Waals surface area contributed by atoms with Crippen LogP contribution in [0.4, 0.5) is 0 Å². The van der Waals surface area contributed by atoms with E-state index < -0.39 is 0 Å². The molecule has 17 heteroatoms. The summed E-state index contributed by atoms with van der Waals surface area (Å²) < 4.78 is 44.2. The molecule has 6 rings (SSSR count). The number of para-hydroxylation sites is 4. The molecular weight excluding hydrogens is 1410 g/mol. The molecule has 1 radical (unpaired) electrons. The van der Waals surface area contributed by atoms with Gasteiger partial charge in [-0.1, -0.05) is 239 Å². The molecule has 0 aliphatic carbocycles. The minimum atomic E-state index is 0. The molecule has 0 aliphatic heterocycles. The van der Waals surface area contributed by atoms with Gasteiger partial charge in [0.1, 0.15) is 46.0 Å². The predicted molar refractivity (Wildman–Crippen MR) is 418 cm³/mol. The number of methoxy groups -OCH3 is 8. The van der Waals surface area contributed by atoms with Crippen LogP contribution in [0, 0.1) is 0 Å². The number of rotatable bonds is 11. The first-order valence-electron chi connectivity index (χ1n) is 32.8. The van der Waals surface area contributed by atoms with Gasteiger partial charge in [-0.05, 0) is 105 Å². The summed E-state index contributed by atoms with van der Waals surface area (Å²) in [5, 5.41) is 1.91. The van der Waals surface area contributed by atoms with Crippen LogP contribution in [-0.2, 0) is 72.4 Å². The van der Waals surface area contributed by atoms with Gasteiger partial charge in [0.25, 0.3) is 0 Å². The molecule has 0 bridgehead atoms. The van der Waals surface area contributed by atoms with Gasteiger partial charge >= 0.3 is 19.5 Å². The van der Waals surface area contributed by atoms with Crippen LogP contribution >= 0.6 is 18.5 Å². The number of hydrogen-bond donors (Lipinski definition) is 0. The minimum absolute atomic E-state index is 0. The zero-order valence-electron chi connectivity index (χ0n) is 67.6. The molecule has 2 amide bonds. The van der Waals surface area contributed by atoms with E-state index in [2.05, 4.69) is 257 Å². The van der Waals surface area contributed by atoms with Crippen molar-refractivity contribution in [2.24, 2.45) is 0 Å². The number of nitrogens with zero attached hydrogens (tertiary/aromatic N) is 2. The predicted octanol–water partition coefficient (Wildman–Crippen LogP) is 13.0. The Morgan fingerprint density at radius 3 is 0.677 bits per heavy atom. The summed E-state index contributed by atoms with van der Waals surface area (Å²) >= 11 is 0. The van der Waals surface area contributed by atoms with Gasteiger partial charge in [-0.15, -0.1) is 18.5 Å². The Labute approximate surface area is 632 Å². The normalized spacial score (nSPS) is 11.2. The van der Waals surface area contributed by atoms with Crippen LogP contribution in [0.5, 0.6) is 46.0 Å². The van der Waals surface area contributed by atoms with Crippen LogP contribution in [0.15, 0.2) is 97.1 Å². The van der Waals surface area contributed by atoms with E-state index in [9.17, 15) is 9.59 Å². The first-order chi connectivity index (χ1) is 43.8. The first kappa shape index (κ1) is 100. The fourth-order valence-electron chi connectivity index (χ4n) is 10.0. The van der Waals surface area contributed by atoms with E-state index in [1.54, 1.807) is 85.1 Å². The van der Waals surface area contributed by atoms with E-state index >= 15 is 0 Å². The monoisotopic (exact) mass is 1540 g/mol. The van der Waals surface area contributed by atoms with E-state index in [4.69, 9.17) is 37.9 Å². The van der Waals surface area contributed by atoms with Crippen molar-refractivity contribution >= 4 is 41.9 Å². The maximum atomic E-state index is 9.43. The molecule has 559 valence electrons. The van der Waals surface area contributed by atoms with E-state index in [-0.39, 0.29) is 87.6 Å². The van der Waals surface area contributed by atoms with E-state index in [1.165, 1.54) is 54.3 Å². The zero-order valence-corrected chi connectivity index (χ0v) is 73.2. The third-order valence-corrected chi connectivity index (χ3v) is 16.1. The van der Waals surface area contributed by atoms with Gasteiger partial charge in [0, 0.05) is 56.8 Å².